The first-order chi connectivity index (χ1) is 12.0. The van der Waals surface area contributed by atoms with E-state index in [-0.39, 0.29) is 17.5 Å². The molecular weight excluding hydrogens is 322 g/mol. The average molecular weight is 345 g/mol. The molecule has 0 fully saturated rings. The molecule has 2 aromatic rings. The van der Waals surface area contributed by atoms with Crippen molar-refractivity contribution in [3.63, 3.8) is 0 Å². The fraction of sp³-hybridized carbons (Fsp3) is 0.333. The standard InChI is InChI=1S/C18H23N3O4/c1-21(2)14(12-5-7-15(24-3)16(9-12)25-4)11-20-18(23)13-6-8-17(22)19-10-13/h5-10,14H,11H2,1-4H3,(H,19,22)(H,20,23). The quantitative estimate of drug-likeness (QED) is 0.793. The van der Waals surface area contributed by atoms with Gasteiger partial charge in [-0.2, -0.15) is 0 Å². The lowest BCUT2D eigenvalue weighted by molar-refractivity contribution is 0.0941. The van der Waals surface area contributed by atoms with Gasteiger partial charge in [0.1, 0.15) is 0 Å². The molecular formula is C18H23N3O4. The Kier molecular flexibility index (Phi) is 6.19. The van der Waals surface area contributed by atoms with Crippen LogP contribution >= 0.6 is 0 Å². The summed E-state index contributed by atoms with van der Waals surface area (Å²) >= 11 is 0. The minimum Gasteiger partial charge on any atom is -0.493 e. The number of nitrogens with one attached hydrogen (secondary N) is 2. The fourth-order valence-corrected chi connectivity index (χ4v) is 2.50. The van der Waals surface area contributed by atoms with Gasteiger partial charge in [0.05, 0.1) is 25.8 Å². The molecule has 0 aliphatic rings. The van der Waals surface area contributed by atoms with Crippen LogP contribution < -0.4 is 20.3 Å². The van der Waals surface area contributed by atoms with Gasteiger partial charge >= 0.3 is 0 Å². The van der Waals surface area contributed by atoms with Crippen LogP contribution in [-0.4, -0.2) is 50.7 Å². The van der Waals surface area contributed by atoms with Crippen LogP contribution in [0.3, 0.4) is 0 Å². The molecule has 0 bridgehead atoms. The zero-order chi connectivity index (χ0) is 18.4. The van der Waals surface area contributed by atoms with E-state index in [0.29, 0.717) is 23.6 Å². The van der Waals surface area contributed by atoms with Crippen molar-refractivity contribution in [2.24, 2.45) is 0 Å². The predicted molar refractivity (Wildman–Crippen MR) is 95.4 cm³/mol. The molecule has 134 valence electrons. The molecule has 1 aromatic heterocycles. The van der Waals surface area contributed by atoms with Gasteiger partial charge in [-0.25, -0.2) is 0 Å². The van der Waals surface area contributed by atoms with E-state index in [0.717, 1.165) is 5.56 Å². The molecule has 1 unspecified atom stereocenters. The summed E-state index contributed by atoms with van der Waals surface area (Å²) < 4.78 is 10.6. The van der Waals surface area contributed by atoms with E-state index in [1.165, 1.54) is 18.3 Å². The highest BCUT2D eigenvalue weighted by molar-refractivity contribution is 5.93. The second kappa shape index (κ2) is 8.34. The molecule has 1 amide bonds. The number of aromatic amines is 1. The third-order valence-electron chi connectivity index (χ3n) is 3.92. The molecule has 7 nitrogen and oxygen atoms in total. The molecule has 2 N–H and O–H groups in total. The van der Waals surface area contributed by atoms with E-state index in [9.17, 15) is 9.59 Å². The Labute approximate surface area is 146 Å². The summed E-state index contributed by atoms with van der Waals surface area (Å²) in [5.41, 5.74) is 1.15. The summed E-state index contributed by atoms with van der Waals surface area (Å²) in [6.07, 6.45) is 1.40. The van der Waals surface area contributed by atoms with Crippen molar-refractivity contribution in [1.82, 2.24) is 15.2 Å². The smallest absolute Gasteiger partial charge is 0.252 e. The van der Waals surface area contributed by atoms with E-state index in [2.05, 4.69) is 10.3 Å². The first-order valence-corrected chi connectivity index (χ1v) is 7.81. The minimum absolute atomic E-state index is 0.0495. The Hall–Kier alpha value is -2.80. The normalized spacial score (nSPS) is 11.9. The van der Waals surface area contributed by atoms with Crippen LogP contribution in [0.5, 0.6) is 11.5 Å². The van der Waals surface area contributed by atoms with E-state index < -0.39 is 0 Å². The number of amides is 1. The highest BCUT2D eigenvalue weighted by Crippen LogP contribution is 2.31. The molecule has 0 aliphatic heterocycles. The van der Waals surface area contributed by atoms with Crippen LogP contribution in [0.1, 0.15) is 22.0 Å². The number of carbonyl (C=O) groups is 1. The van der Waals surface area contributed by atoms with Gasteiger partial charge in [0, 0.05) is 18.8 Å². The zero-order valence-electron chi connectivity index (χ0n) is 14.8. The Morgan fingerprint density at radius 3 is 2.44 bits per heavy atom. The predicted octanol–water partition coefficient (Wildman–Crippen LogP) is 1.42. The number of likely N-dealkylation sites (N-methyl/N-ethyl adjacent to an activating group) is 1. The summed E-state index contributed by atoms with van der Waals surface area (Å²) in [6.45, 7) is 0.403. The van der Waals surface area contributed by atoms with Crippen molar-refractivity contribution in [1.29, 1.82) is 0 Å². The third kappa shape index (κ3) is 4.60. The third-order valence-corrected chi connectivity index (χ3v) is 3.92. The van der Waals surface area contributed by atoms with Crippen molar-refractivity contribution in [2.45, 2.75) is 6.04 Å². The van der Waals surface area contributed by atoms with Crippen molar-refractivity contribution >= 4 is 5.91 Å². The number of pyridine rings is 1. The van der Waals surface area contributed by atoms with Gasteiger partial charge in [-0.15, -0.1) is 0 Å². The molecule has 0 spiro atoms. The number of aromatic nitrogens is 1. The van der Waals surface area contributed by atoms with Crippen LogP contribution in [0.15, 0.2) is 41.3 Å². The van der Waals surface area contributed by atoms with Crippen molar-refractivity contribution < 1.29 is 14.3 Å². The number of ether oxygens (including phenoxy) is 2. The van der Waals surface area contributed by atoms with Gasteiger partial charge in [0.2, 0.25) is 5.56 Å². The summed E-state index contributed by atoms with van der Waals surface area (Å²) in [7, 11) is 7.05. The summed E-state index contributed by atoms with van der Waals surface area (Å²) in [4.78, 5) is 27.8. The first kappa shape index (κ1) is 18.5. The van der Waals surface area contributed by atoms with Gasteiger partial charge in [-0.3, -0.25) is 9.59 Å². The van der Waals surface area contributed by atoms with Gasteiger partial charge in [-0.05, 0) is 37.9 Å². The Morgan fingerprint density at radius 2 is 1.88 bits per heavy atom. The molecule has 0 saturated carbocycles. The number of carbonyl (C=O) groups excluding carboxylic acids is 1. The molecule has 1 heterocycles. The summed E-state index contributed by atoms with van der Waals surface area (Å²) in [6, 6.07) is 8.45. The van der Waals surface area contributed by atoms with Gasteiger partial charge in [-0.1, -0.05) is 6.07 Å². The maximum atomic E-state index is 12.2. The molecule has 25 heavy (non-hydrogen) atoms. The number of H-pyrrole nitrogens is 1. The van der Waals surface area contributed by atoms with Crippen LogP contribution in [-0.2, 0) is 0 Å². The maximum Gasteiger partial charge on any atom is 0.252 e. The second-order valence-electron chi connectivity index (χ2n) is 5.75. The molecule has 2 rings (SSSR count). The van der Waals surface area contributed by atoms with E-state index >= 15 is 0 Å². The Morgan fingerprint density at radius 1 is 1.16 bits per heavy atom. The number of benzene rings is 1. The van der Waals surface area contributed by atoms with E-state index in [1.54, 1.807) is 14.2 Å². The summed E-state index contributed by atoms with van der Waals surface area (Å²) in [5.74, 6) is 1.04. The molecule has 7 heteroatoms. The number of hydrogen-bond acceptors (Lipinski definition) is 5. The van der Waals surface area contributed by atoms with E-state index in [4.69, 9.17) is 9.47 Å². The SMILES string of the molecule is COc1ccc(C(CNC(=O)c2ccc(=O)[nH]c2)N(C)C)cc1OC. The molecule has 0 saturated heterocycles. The highest BCUT2D eigenvalue weighted by Gasteiger charge is 2.18. The number of nitrogens with zero attached hydrogens (tertiary/aromatic N) is 1. The number of methoxy groups -OCH3 is 2. The lowest BCUT2D eigenvalue weighted by Crippen LogP contribution is -2.34. The van der Waals surface area contributed by atoms with Crippen LogP contribution in [0.25, 0.3) is 0 Å². The highest BCUT2D eigenvalue weighted by atomic mass is 16.5. The molecule has 1 aromatic carbocycles. The number of rotatable bonds is 7. The van der Waals surface area contributed by atoms with Crippen LogP contribution in [0.4, 0.5) is 0 Å². The fourth-order valence-electron chi connectivity index (χ4n) is 2.50. The van der Waals surface area contributed by atoms with Gasteiger partial charge < -0.3 is 24.7 Å². The Balaban J connectivity index is 2.14. The average Bonchev–Trinajstić information content (AvgIpc) is 2.61. The van der Waals surface area contributed by atoms with Crippen molar-refractivity contribution in [3.8, 4) is 11.5 Å². The number of hydrogen-bond donors (Lipinski definition) is 2. The molecule has 1 atom stereocenters. The lowest BCUT2D eigenvalue weighted by atomic mass is 10.0. The van der Waals surface area contributed by atoms with Gasteiger partial charge in [0.15, 0.2) is 11.5 Å². The second-order valence-corrected chi connectivity index (χ2v) is 5.75. The minimum atomic E-state index is -0.247. The Bertz CT molecular complexity index is 766. The van der Waals surface area contributed by atoms with Crippen LogP contribution in [0.2, 0.25) is 0 Å². The zero-order valence-corrected chi connectivity index (χ0v) is 14.8. The molecule has 0 aliphatic carbocycles. The topological polar surface area (TPSA) is 83.7 Å². The summed E-state index contributed by atoms with van der Waals surface area (Å²) in [5, 5.41) is 2.89. The van der Waals surface area contributed by atoms with Crippen molar-refractivity contribution in [2.75, 3.05) is 34.9 Å². The maximum absolute atomic E-state index is 12.2. The lowest BCUT2D eigenvalue weighted by Gasteiger charge is -2.26. The van der Waals surface area contributed by atoms with Crippen LogP contribution in [0, 0.1) is 0 Å². The van der Waals surface area contributed by atoms with Gasteiger partial charge in [0.25, 0.3) is 5.91 Å². The largest absolute Gasteiger partial charge is 0.493 e. The molecule has 0 radical (unpaired) electrons. The monoisotopic (exact) mass is 345 g/mol. The van der Waals surface area contributed by atoms with Crippen molar-refractivity contribution in [3.05, 3.63) is 58.0 Å². The first-order valence-electron chi connectivity index (χ1n) is 7.81. The van der Waals surface area contributed by atoms with E-state index in [1.807, 2.05) is 37.2 Å².